The minimum Gasteiger partial charge on any atom is -0.351 e. The predicted molar refractivity (Wildman–Crippen MR) is 167 cm³/mol. The van der Waals surface area contributed by atoms with E-state index >= 15 is 0 Å². The number of likely N-dealkylation sites (N-methyl/N-ethyl adjacent to an activating group) is 1. The fraction of sp³-hybridized carbons (Fsp3) is 0.323. The highest BCUT2D eigenvalue weighted by molar-refractivity contribution is 7.15. The second-order valence-corrected chi connectivity index (χ2v) is 11.5. The first-order valence-electron chi connectivity index (χ1n) is 14.1. The van der Waals surface area contributed by atoms with Crippen LogP contribution in [0, 0.1) is 0 Å². The number of hydrogen-bond donors (Lipinski definition) is 3. The summed E-state index contributed by atoms with van der Waals surface area (Å²) in [5.74, 6) is 0.0808. The Morgan fingerprint density at radius 1 is 0.721 bits per heavy atom. The van der Waals surface area contributed by atoms with Crippen molar-refractivity contribution in [1.82, 2.24) is 30.6 Å². The summed E-state index contributed by atoms with van der Waals surface area (Å²) in [6.07, 6.45) is 3.77. The average molecular weight is 601 g/mol. The second kappa shape index (κ2) is 16.2. The first kappa shape index (κ1) is 31.4. The molecule has 3 amide bonds. The summed E-state index contributed by atoms with van der Waals surface area (Å²) in [5, 5.41) is 26.5. The van der Waals surface area contributed by atoms with Gasteiger partial charge in [-0.3, -0.25) is 14.4 Å². The van der Waals surface area contributed by atoms with Gasteiger partial charge in [-0.2, -0.15) is 5.10 Å². The maximum atomic E-state index is 12.6. The van der Waals surface area contributed by atoms with Crippen LogP contribution in [-0.4, -0.2) is 63.7 Å². The molecule has 224 valence electrons. The number of nitrogens with zero attached hydrogens (tertiary/aromatic N) is 5. The van der Waals surface area contributed by atoms with Crippen LogP contribution in [0.4, 0.5) is 10.9 Å². The van der Waals surface area contributed by atoms with Gasteiger partial charge in [0.1, 0.15) is 5.01 Å². The Labute approximate surface area is 255 Å². The highest BCUT2D eigenvalue weighted by Gasteiger charge is 2.11. The van der Waals surface area contributed by atoms with E-state index in [2.05, 4.69) is 36.3 Å². The van der Waals surface area contributed by atoms with Gasteiger partial charge in [0.15, 0.2) is 5.82 Å². The van der Waals surface area contributed by atoms with Gasteiger partial charge in [0.25, 0.3) is 0 Å². The molecule has 43 heavy (non-hydrogen) atoms. The van der Waals surface area contributed by atoms with Crippen LogP contribution in [0.15, 0.2) is 66.7 Å². The number of aromatic nitrogens is 4. The third-order valence-corrected chi connectivity index (χ3v) is 7.19. The van der Waals surface area contributed by atoms with E-state index < -0.39 is 0 Å². The molecule has 0 spiro atoms. The normalized spacial score (nSPS) is 10.9. The molecule has 4 rings (SSSR count). The molecule has 0 saturated heterocycles. The molecular formula is C31H36N8O3S. The quantitative estimate of drug-likeness (QED) is 0.176. The highest BCUT2D eigenvalue weighted by atomic mass is 32.1. The van der Waals surface area contributed by atoms with Crippen LogP contribution in [0.5, 0.6) is 0 Å². The summed E-state index contributed by atoms with van der Waals surface area (Å²) in [6, 6.07) is 20.8. The van der Waals surface area contributed by atoms with Gasteiger partial charge < -0.3 is 20.9 Å². The number of unbranched alkanes of at least 4 members (excludes halogenated alkanes) is 1. The zero-order valence-corrected chi connectivity index (χ0v) is 25.2. The molecule has 4 aromatic rings. The van der Waals surface area contributed by atoms with E-state index in [1.165, 1.54) is 11.3 Å². The molecule has 0 aliphatic carbocycles. The number of carbonyl (C=O) groups excluding carboxylic acids is 3. The molecular weight excluding hydrogens is 564 g/mol. The number of benzene rings is 2. The number of rotatable bonds is 15. The van der Waals surface area contributed by atoms with Crippen LogP contribution in [0.3, 0.4) is 0 Å². The molecule has 0 fully saturated rings. The first-order chi connectivity index (χ1) is 20.8. The molecule has 3 N–H and O–H groups in total. The maximum absolute atomic E-state index is 12.6. The van der Waals surface area contributed by atoms with Gasteiger partial charge in [-0.25, -0.2) is 0 Å². The fourth-order valence-corrected chi connectivity index (χ4v) is 5.06. The lowest BCUT2D eigenvalue weighted by atomic mass is 10.1. The van der Waals surface area contributed by atoms with E-state index in [1.807, 2.05) is 79.7 Å². The molecule has 2 heterocycles. The molecule has 11 nitrogen and oxygen atoms in total. The lowest BCUT2D eigenvalue weighted by molar-refractivity contribution is -0.122. The lowest BCUT2D eigenvalue weighted by Gasteiger charge is -2.10. The molecule has 0 saturated carbocycles. The van der Waals surface area contributed by atoms with Crippen LogP contribution < -0.4 is 16.0 Å². The maximum Gasteiger partial charge on any atom is 0.234 e. The van der Waals surface area contributed by atoms with Crippen LogP contribution in [-0.2, 0) is 46.6 Å². The van der Waals surface area contributed by atoms with Gasteiger partial charge in [-0.1, -0.05) is 65.9 Å². The summed E-state index contributed by atoms with van der Waals surface area (Å²) in [7, 11) is 3.69. The summed E-state index contributed by atoms with van der Waals surface area (Å²) >= 11 is 1.37. The van der Waals surface area contributed by atoms with Crippen molar-refractivity contribution >= 4 is 40.0 Å². The van der Waals surface area contributed by atoms with Crippen molar-refractivity contribution in [3.8, 4) is 0 Å². The van der Waals surface area contributed by atoms with Gasteiger partial charge in [-0.15, -0.1) is 15.3 Å². The fourth-order valence-electron chi connectivity index (χ4n) is 4.26. The minimum atomic E-state index is -0.172. The van der Waals surface area contributed by atoms with Crippen LogP contribution in [0.2, 0.25) is 0 Å². The number of hydrogen-bond acceptors (Lipinski definition) is 9. The molecule has 0 aliphatic heterocycles. The largest absolute Gasteiger partial charge is 0.351 e. The Balaban J connectivity index is 1.14. The molecule has 0 bridgehead atoms. The Hall–Kier alpha value is -4.55. The minimum absolute atomic E-state index is 0.0513. The second-order valence-electron chi connectivity index (χ2n) is 10.4. The van der Waals surface area contributed by atoms with Crippen molar-refractivity contribution < 1.29 is 14.4 Å². The number of aryl methyl sites for hydroxylation is 2. The third-order valence-electron chi connectivity index (χ3n) is 6.29. The molecule has 0 unspecified atom stereocenters. The third kappa shape index (κ3) is 11.3. The topological polar surface area (TPSA) is 142 Å². The molecule has 2 aromatic heterocycles. The summed E-state index contributed by atoms with van der Waals surface area (Å²) in [4.78, 5) is 38.5. The number of anilines is 2. The molecule has 0 aliphatic rings. The van der Waals surface area contributed by atoms with Crippen molar-refractivity contribution in [2.75, 3.05) is 31.3 Å². The van der Waals surface area contributed by atoms with E-state index in [9.17, 15) is 14.4 Å². The zero-order chi connectivity index (χ0) is 30.4. The van der Waals surface area contributed by atoms with Gasteiger partial charge in [-0.05, 0) is 62.2 Å². The van der Waals surface area contributed by atoms with E-state index in [0.29, 0.717) is 24.0 Å². The van der Waals surface area contributed by atoms with Crippen molar-refractivity contribution in [3.63, 3.8) is 0 Å². The van der Waals surface area contributed by atoms with E-state index in [4.69, 9.17) is 0 Å². The number of amides is 3. The van der Waals surface area contributed by atoms with E-state index in [0.717, 1.165) is 53.1 Å². The summed E-state index contributed by atoms with van der Waals surface area (Å²) < 4.78 is 0. The van der Waals surface area contributed by atoms with Gasteiger partial charge >= 0.3 is 0 Å². The van der Waals surface area contributed by atoms with E-state index in [1.54, 1.807) is 6.07 Å². The zero-order valence-electron chi connectivity index (χ0n) is 24.4. The molecule has 2 aromatic carbocycles. The monoisotopic (exact) mass is 600 g/mol. The average Bonchev–Trinajstić information content (AvgIpc) is 3.42. The Bertz CT molecular complexity index is 1490. The highest BCUT2D eigenvalue weighted by Crippen LogP contribution is 2.18. The standard InChI is InChI=1S/C31H36N8O3S/c1-39(2)21-29(42)32-20-24-12-8-11-23(17-24)19-28(41)34-31-38-37-30(43-31)14-7-6-13-25-15-16-26(36-35-25)33-27(40)18-22-9-4-3-5-10-22/h3-5,8-12,15-17H,6-7,13-14,18-21H2,1-2H3,(H,32,42)(H,33,36,40)(H,34,38,41). The van der Waals surface area contributed by atoms with Crippen LogP contribution in [0.1, 0.15) is 40.2 Å². The Kier molecular flexibility index (Phi) is 11.8. The van der Waals surface area contributed by atoms with Crippen LogP contribution in [0.25, 0.3) is 0 Å². The number of nitrogens with one attached hydrogen (secondary N) is 3. The van der Waals surface area contributed by atoms with Crippen molar-refractivity contribution in [2.45, 2.75) is 45.1 Å². The molecule has 0 atom stereocenters. The molecule has 0 radical (unpaired) electrons. The van der Waals surface area contributed by atoms with E-state index in [-0.39, 0.29) is 30.6 Å². The summed E-state index contributed by atoms with van der Waals surface area (Å²) in [5.41, 5.74) is 3.58. The van der Waals surface area contributed by atoms with Gasteiger partial charge in [0.05, 0.1) is 25.1 Å². The Morgan fingerprint density at radius 2 is 1.44 bits per heavy atom. The van der Waals surface area contributed by atoms with Crippen molar-refractivity contribution in [2.24, 2.45) is 0 Å². The first-order valence-corrected chi connectivity index (χ1v) is 14.9. The number of carbonyl (C=O) groups is 3. The van der Waals surface area contributed by atoms with Crippen LogP contribution >= 0.6 is 11.3 Å². The predicted octanol–water partition coefficient (Wildman–Crippen LogP) is 3.43. The van der Waals surface area contributed by atoms with Gasteiger partial charge in [0, 0.05) is 13.0 Å². The SMILES string of the molecule is CN(C)CC(=O)NCc1cccc(CC(=O)Nc2nnc(CCCCc3ccc(NC(=O)Cc4ccccc4)nn3)s2)c1. The Morgan fingerprint density at radius 3 is 2.21 bits per heavy atom. The smallest absolute Gasteiger partial charge is 0.234 e. The summed E-state index contributed by atoms with van der Waals surface area (Å²) in [6.45, 7) is 0.736. The molecule has 12 heteroatoms. The van der Waals surface area contributed by atoms with Crippen molar-refractivity contribution in [1.29, 1.82) is 0 Å². The van der Waals surface area contributed by atoms with Gasteiger partial charge in [0.2, 0.25) is 22.9 Å². The van der Waals surface area contributed by atoms with Crippen molar-refractivity contribution in [3.05, 3.63) is 94.1 Å². The lowest BCUT2D eigenvalue weighted by Crippen LogP contribution is -2.32.